The summed E-state index contributed by atoms with van der Waals surface area (Å²) in [6.07, 6.45) is 0. The van der Waals surface area contributed by atoms with Gasteiger partial charge in [0, 0.05) is 40.5 Å². The van der Waals surface area contributed by atoms with Gasteiger partial charge in [0.15, 0.2) is 0 Å². The number of hydrogen-bond donors (Lipinski definition) is 1. The number of ether oxygens (including phenoxy) is 1. The van der Waals surface area contributed by atoms with Gasteiger partial charge in [0.25, 0.3) is 5.91 Å². The van der Waals surface area contributed by atoms with Crippen LogP contribution in [0.1, 0.15) is 10.4 Å². The van der Waals surface area contributed by atoms with E-state index in [-0.39, 0.29) is 5.91 Å². The number of benzene rings is 1. The van der Waals surface area contributed by atoms with Crippen molar-refractivity contribution in [3.05, 3.63) is 23.8 Å². The van der Waals surface area contributed by atoms with Crippen LogP contribution < -0.4 is 10.6 Å². The minimum atomic E-state index is -0.0331. The fourth-order valence-corrected chi connectivity index (χ4v) is 1.63. The molecule has 0 aliphatic rings. The molecule has 0 saturated heterocycles. The molecular formula is C13H21N3O2. The van der Waals surface area contributed by atoms with Crippen molar-refractivity contribution in [3.8, 4) is 0 Å². The van der Waals surface area contributed by atoms with Crippen LogP contribution in [-0.2, 0) is 4.74 Å². The van der Waals surface area contributed by atoms with Crippen LogP contribution in [0.2, 0.25) is 0 Å². The molecular weight excluding hydrogens is 230 g/mol. The molecule has 0 radical (unpaired) electrons. The number of anilines is 2. The number of nitrogens with zero attached hydrogens (tertiary/aromatic N) is 2. The smallest absolute Gasteiger partial charge is 0.255 e. The molecule has 0 saturated carbocycles. The number of nitrogens with two attached hydrogens (primary N) is 1. The van der Waals surface area contributed by atoms with E-state index < -0.39 is 0 Å². The zero-order chi connectivity index (χ0) is 13.7. The van der Waals surface area contributed by atoms with E-state index in [0.29, 0.717) is 24.4 Å². The molecule has 0 aromatic heterocycles. The third-order valence-corrected chi connectivity index (χ3v) is 2.70. The first-order chi connectivity index (χ1) is 8.47. The Morgan fingerprint density at radius 3 is 2.56 bits per heavy atom. The summed E-state index contributed by atoms with van der Waals surface area (Å²) >= 11 is 0. The van der Waals surface area contributed by atoms with Gasteiger partial charge in [0.1, 0.15) is 0 Å². The standard InChI is InChI=1S/C13H21N3O2/c1-15(2)13(17)11-6-5-10(14)9-12(11)16(3)7-8-18-4/h5-6,9H,7-8,14H2,1-4H3. The van der Waals surface area contributed by atoms with Gasteiger partial charge in [0.2, 0.25) is 0 Å². The van der Waals surface area contributed by atoms with Gasteiger partial charge >= 0.3 is 0 Å². The summed E-state index contributed by atoms with van der Waals surface area (Å²) in [7, 11) is 7.04. The van der Waals surface area contributed by atoms with Crippen molar-refractivity contribution in [2.24, 2.45) is 0 Å². The Balaban J connectivity index is 3.07. The number of nitrogen functional groups attached to an aromatic ring is 1. The second kappa shape index (κ2) is 6.26. The highest BCUT2D eigenvalue weighted by Crippen LogP contribution is 2.23. The molecule has 0 spiro atoms. The number of likely N-dealkylation sites (N-methyl/N-ethyl adjacent to an activating group) is 1. The van der Waals surface area contributed by atoms with E-state index in [0.717, 1.165) is 5.69 Å². The monoisotopic (exact) mass is 251 g/mol. The van der Waals surface area contributed by atoms with Crippen LogP contribution in [0.3, 0.4) is 0 Å². The molecule has 0 aliphatic carbocycles. The maximum Gasteiger partial charge on any atom is 0.255 e. The number of carbonyl (C=O) groups excluding carboxylic acids is 1. The number of rotatable bonds is 5. The minimum absolute atomic E-state index is 0.0331. The molecule has 1 rings (SSSR count). The van der Waals surface area contributed by atoms with Crippen molar-refractivity contribution in [2.75, 3.05) is 52.0 Å². The van der Waals surface area contributed by atoms with Crippen molar-refractivity contribution >= 4 is 17.3 Å². The molecule has 0 unspecified atom stereocenters. The van der Waals surface area contributed by atoms with Crippen molar-refractivity contribution in [1.82, 2.24) is 4.90 Å². The Morgan fingerprint density at radius 2 is 2.00 bits per heavy atom. The van der Waals surface area contributed by atoms with Crippen molar-refractivity contribution in [2.45, 2.75) is 0 Å². The molecule has 0 heterocycles. The lowest BCUT2D eigenvalue weighted by atomic mass is 10.1. The van der Waals surface area contributed by atoms with E-state index in [2.05, 4.69) is 0 Å². The Hall–Kier alpha value is -1.75. The minimum Gasteiger partial charge on any atom is -0.399 e. The van der Waals surface area contributed by atoms with Gasteiger partial charge in [-0.25, -0.2) is 0 Å². The first-order valence-electron chi connectivity index (χ1n) is 5.78. The van der Waals surface area contributed by atoms with E-state index in [1.807, 2.05) is 18.0 Å². The lowest BCUT2D eigenvalue weighted by Gasteiger charge is -2.23. The van der Waals surface area contributed by atoms with Gasteiger partial charge in [0.05, 0.1) is 17.9 Å². The van der Waals surface area contributed by atoms with Crippen LogP contribution >= 0.6 is 0 Å². The van der Waals surface area contributed by atoms with Crippen molar-refractivity contribution in [3.63, 3.8) is 0 Å². The van der Waals surface area contributed by atoms with E-state index in [4.69, 9.17) is 10.5 Å². The van der Waals surface area contributed by atoms with Crippen LogP contribution in [0.4, 0.5) is 11.4 Å². The van der Waals surface area contributed by atoms with Crippen LogP contribution in [0.25, 0.3) is 0 Å². The van der Waals surface area contributed by atoms with E-state index in [1.165, 1.54) is 0 Å². The Labute approximate surface area is 108 Å². The van der Waals surface area contributed by atoms with E-state index in [1.54, 1.807) is 38.2 Å². The summed E-state index contributed by atoms with van der Waals surface area (Å²) < 4.78 is 5.04. The Bertz CT molecular complexity index is 419. The van der Waals surface area contributed by atoms with Crippen molar-refractivity contribution < 1.29 is 9.53 Å². The predicted octanol–water partition coefficient (Wildman–Crippen LogP) is 1.05. The van der Waals surface area contributed by atoms with Gasteiger partial charge in [-0.1, -0.05) is 0 Å². The highest BCUT2D eigenvalue weighted by molar-refractivity contribution is 6.00. The normalized spacial score (nSPS) is 10.2. The number of carbonyl (C=O) groups is 1. The molecule has 0 fully saturated rings. The Kier molecular flexibility index (Phi) is 4.97. The first-order valence-corrected chi connectivity index (χ1v) is 5.78. The summed E-state index contributed by atoms with van der Waals surface area (Å²) in [5.41, 5.74) is 7.90. The molecule has 1 amide bonds. The molecule has 5 nitrogen and oxygen atoms in total. The lowest BCUT2D eigenvalue weighted by Crippen LogP contribution is -2.28. The maximum absolute atomic E-state index is 12.1. The van der Waals surface area contributed by atoms with Crippen LogP contribution in [0.5, 0.6) is 0 Å². The van der Waals surface area contributed by atoms with E-state index in [9.17, 15) is 4.79 Å². The summed E-state index contributed by atoms with van der Waals surface area (Å²) in [4.78, 5) is 15.6. The summed E-state index contributed by atoms with van der Waals surface area (Å²) in [6.45, 7) is 1.30. The fourth-order valence-electron chi connectivity index (χ4n) is 1.63. The molecule has 1 aromatic carbocycles. The lowest BCUT2D eigenvalue weighted by molar-refractivity contribution is 0.0828. The van der Waals surface area contributed by atoms with Crippen LogP contribution in [0, 0.1) is 0 Å². The Morgan fingerprint density at radius 1 is 1.33 bits per heavy atom. The van der Waals surface area contributed by atoms with Crippen LogP contribution in [0.15, 0.2) is 18.2 Å². The summed E-state index contributed by atoms with van der Waals surface area (Å²) in [6, 6.07) is 5.31. The summed E-state index contributed by atoms with van der Waals surface area (Å²) in [5.74, 6) is -0.0331. The van der Waals surface area contributed by atoms with Gasteiger partial charge < -0.3 is 20.3 Å². The zero-order valence-electron chi connectivity index (χ0n) is 11.4. The predicted molar refractivity (Wildman–Crippen MR) is 74.0 cm³/mol. The molecule has 1 aromatic rings. The first kappa shape index (κ1) is 14.3. The average molecular weight is 251 g/mol. The molecule has 0 atom stereocenters. The zero-order valence-corrected chi connectivity index (χ0v) is 11.4. The molecule has 2 N–H and O–H groups in total. The molecule has 18 heavy (non-hydrogen) atoms. The third-order valence-electron chi connectivity index (χ3n) is 2.70. The molecule has 0 bridgehead atoms. The fraction of sp³-hybridized carbons (Fsp3) is 0.462. The second-order valence-corrected chi connectivity index (χ2v) is 4.39. The van der Waals surface area contributed by atoms with Gasteiger partial charge in [-0.2, -0.15) is 0 Å². The third kappa shape index (κ3) is 3.37. The molecule has 100 valence electrons. The van der Waals surface area contributed by atoms with Gasteiger partial charge in [-0.3, -0.25) is 4.79 Å². The SMILES string of the molecule is COCCN(C)c1cc(N)ccc1C(=O)N(C)C. The number of amides is 1. The highest BCUT2D eigenvalue weighted by Gasteiger charge is 2.16. The number of hydrogen-bond acceptors (Lipinski definition) is 4. The second-order valence-electron chi connectivity index (χ2n) is 4.39. The number of methoxy groups -OCH3 is 1. The quantitative estimate of drug-likeness (QED) is 0.795. The maximum atomic E-state index is 12.1. The summed E-state index contributed by atoms with van der Waals surface area (Å²) in [5, 5.41) is 0. The topological polar surface area (TPSA) is 58.8 Å². The molecule has 0 aliphatic heterocycles. The average Bonchev–Trinajstić information content (AvgIpc) is 2.34. The van der Waals surface area contributed by atoms with Crippen LogP contribution in [-0.4, -0.2) is 52.2 Å². The molecule has 5 heteroatoms. The van der Waals surface area contributed by atoms with Gasteiger partial charge in [-0.05, 0) is 18.2 Å². The van der Waals surface area contributed by atoms with Gasteiger partial charge in [-0.15, -0.1) is 0 Å². The highest BCUT2D eigenvalue weighted by atomic mass is 16.5. The van der Waals surface area contributed by atoms with Crippen molar-refractivity contribution in [1.29, 1.82) is 0 Å². The van der Waals surface area contributed by atoms with E-state index >= 15 is 0 Å². The largest absolute Gasteiger partial charge is 0.399 e.